The molecule has 0 saturated heterocycles. The molecule has 1 aliphatic rings. The van der Waals surface area contributed by atoms with Crippen LogP contribution in [0.1, 0.15) is 35.2 Å². The van der Waals surface area contributed by atoms with Crippen molar-refractivity contribution in [2.75, 3.05) is 12.3 Å². The molecule has 1 amide bonds. The van der Waals surface area contributed by atoms with Gasteiger partial charge >= 0.3 is 0 Å². The molecule has 19 heavy (non-hydrogen) atoms. The lowest BCUT2D eigenvalue weighted by molar-refractivity contribution is 0.0944. The lowest BCUT2D eigenvalue weighted by atomic mass is 10.3. The molecular formula is C13H17N5O. The number of aromatic amines is 1. The van der Waals surface area contributed by atoms with Crippen molar-refractivity contribution < 1.29 is 4.79 Å². The van der Waals surface area contributed by atoms with Crippen molar-refractivity contribution in [3.05, 3.63) is 36.2 Å². The fraction of sp³-hybridized carbons (Fsp3) is 0.385. The zero-order valence-corrected chi connectivity index (χ0v) is 10.6. The van der Waals surface area contributed by atoms with Crippen LogP contribution in [0.4, 0.5) is 5.69 Å². The molecule has 0 radical (unpaired) electrons. The van der Waals surface area contributed by atoms with Gasteiger partial charge in [-0.25, -0.2) is 4.98 Å². The van der Waals surface area contributed by atoms with Crippen LogP contribution in [-0.4, -0.2) is 27.0 Å². The molecule has 2 aromatic rings. The summed E-state index contributed by atoms with van der Waals surface area (Å²) in [5.74, 6) is 0.799. The molecule has 0 atom stereocenters. The minimum atomic E-state index is -0.0739. The van der Waals surface area contributed by atoms with Crippen molar-refractivity contribution in [1.82, 2.24) is 19.9 Å². The molecule has 1 saturated carbocycles. The maximum atomic E-state index is 12.1. The number of imidazole rings is 1. The van der Waals surface area contributed by atoms with Crippen LogP contribution in [0.5, 0.6) is 0 Å². The number of nitrogens with two attached hydrogens (primary N) is 1. The Morgan fingerprint density at radius 2 is 2.42 bits per heavy atom. The van der Waals surface area contributed by atoms with Crippen molar-refractivity contribution in [3.63, 3.8) is 0 Å². The molecule has 0 aromatic carbocycles. The second kappa shape index (κ2) is 4.79. The van der Waals surface area contributed by atoms with Crippen molar-refractivity contribution in [3.8, 4) is 0 Å². The van der Waals surface area contributed by atoms with E-state index in [-0.39, 0.29) is 5.91 Å². The number of aromatic nitrogens is 3. The Bertz CT molecular complexity index is 568. The summed E-state index contributed by atoms with van der Waals surface area (Å²) in [6, 6.07) is 2.18. The smallest absolute Gasteiger partial charge is 0.268 e. The Morgan fingerprint density at radius 3 is 3.11 bits per heavy atom. The van der Waals surface area contributed by atoms with Crippen molar-refractivity contribution in [1.29, 1.82) is 0 Å². The summed E-state index contributed by atoms with van der Waals surface area (Å²) >= 11 is 0. The summed E-state index contributed by atoms with van der Waals surface area (Å²) in [4.78, 5) is 19.2. The SMILES string of the molecule is Nc1cc(C(=O)NCCc2ncc[nH]2)n(C2CC2)c1. The molecule has 0 aliphatic heterocycles. The quantitative estimate of drug-likeness (QED) is 0.751. The minimum Gasteiger partial charge on any atom is -0.397 e. The fourth-order valence-corrected chi connectivity index (χ4v) is 2.16. The van der Waals surface area contributed by atoms with Crippen LogP contribution in [0.25, 0.3) is 0 Å². The highest BCUT2D eigenvalue weighted by Crippen LogP contribution is 2.37. The molecule has 0 bridgehead atoms. The molecule has 1 aliphatic carbocycles. The highest BCUT2D eigenvalue weighted by Gasteiger charge is 2.27. The number of nitrogens with one attached hydrogen (secondary N) is 2. The Morgan fingerprint density at radius 1 is 1.58 bits per heavy atom. The number of rotatable bonds is 5. The zero-order chi connectivity index (χ0) is 13.2. The first-order valence-corrected chi connectivity index (χ1v) is 6.48. The predicted octanol–water partition coefficient (Wildman–Crippen LogP) is 1.10. The third kappa shape index (κ3) is 2.62. The average Bonchev–Trinajstić information content (AvgIpc) is 2.96. The summed E-state index contributed by atoms with van der Waals surface area (Å²) in [5, 5.41) is 2.90. The summed E-state index contributed by atoms with van der Waals surface area (Å²) in [5.41, 5.74) is 7.07. The molecule has 1 fully saturated rings. The van der Waals surface area contributed by atoms with E-state index in [1.165, 1.54) is 0 Å². The molecule has 0 unspecified atom stereocenters. The van der Waals surface area contributed by atoms with E-state index < -0.39 is 0 Å². The van der Waals surface area contributed by atoms with Crippen LogP contribution in [0.15, 0.2) is 24.7 Å². The summed E-state index contributed by atoms with van der Waals surface area (Å²) in [6.45, 7) is 0.558. The molecule has 2 heterocycles. The predicted molar refractivity (Wildman–Crippen MR) is 71.7 cm³/mol. The molecule has 6 heteroatoms. The van der Waals surface area contributed by atoms with E-state index >= 15 is 0 Å². The van der Waals surface area contributed by atoms with Gasteiger partial charge in [0.25, 0.3) is 5.91 Å². The monoisotopic (exact) mass is 259 g/mol. The maximum absolute atomic E-state index is 12.1. The van der Waals surface area contributed by atoms with Crippen LogP contribution < -0.4 is 11.1 Å². The van der Waals surface area contributed by atoms with Crippen LogP contribution in [0.3, 0.4) is 0 Å². The number of hydrogen-bond donors (Lipinski definition) is 3. The third-order valence-corrected chi connectivity index (χ3v) is 3.24. The largest absolute Gasteiger partial charge is 0.397 e. The number of hydrogen-bond acceptors (Lipinski definition) is 3. The first kappa shape index (κ1) is 11.8. The van der Waals surface area contributed by atoms with Gasteiger partial charge in [0.05, 0.1) is 5.69 Å². The molecule has 100 valence electrons. The molecule has 3 rings (SSSR count). The third-order valence-electron chi connectivity index (χ3n) is 3.24. The highest BCUT2D eigenvalue weighted by molar-refractivity contribution is 5.93. The number of amides is 1. The van der Waals surface area contributed by atoms with E-state index in [0.717, 1.165) is 18.7 Å². The lowest BCUT2D eigenvalue weighted by Crippen LogP contribution is -2.27. The van der Waals surface area contributed by atoms with Gasteiger partial charge in [0.15, 0.2) is 0 Å². The first-order chi connectivity index (χ1) is 9.24. The van der Waals surface area contributed by atoms with E-state index in [1.54, 1.807) is 18.5 Å². The van der Waals surface area contributed by atoms with Crippen molar-refractivity contribution >= 4 is 11.6 Å². The first-order valence-electron chi connectivity index (χ1n) is 6.48. The molecule has 4 N–H and O–H groups in total. The number of nitrogen functional groups attached to an aromatic ring is 1. The average molecular weight is 259 g/mol. The summed E-state index contributed by atoms with van der Waals surface area (Å²) < 4.78 is 1.98. The van der Waals surface area contributed by atoms with Crippen molar-refractivity contribution in [2.24, 2.45) is 0 Å². The van der Waals surface area contributed by atoms with Gasteiger partial charge in [-0.3, -0.25) is 4.79 Å². The van der Waals surface area contributed by atoms with E-state index in [1.807, 2.05) is 10.8 Å². The molecule has 2 aromatic heterocycles. The van der Waals surface area contributed by atoms with E-state index in [4.69, 9.17) is 5.73 Å². The van der Waals surface area contributed by atoms with Crippen molar-refractivity contribution in [2.45, 2.75) is 25.3 Å². The standard InChI is InChI=1S/C13H17N5O/c14-9-7-11(18(8-9)10-1-2-10)13(19)17-4-3-12-15-5-6-16-12/h5-8,10H,1-4,14H2,(H,15,16)(H,17,19). The topological polar surface area (TPSA) is 88.7 Å². The van der Waals surface area contributed by atoms with Gasteiger partial charge in [0.2, 0.25) is 0 Å². The number of carbonyl (C=O) groups excluding carboxylic acids is 1. The Kier molecular flexibility index (Phi) is 2.98. The number of H-pyrrole nitrogens is 1. The Hall–Kier alpha value is -2.24. The van der Waals surface area contributed by atoms with Gasteiger partial charge in [0, 0.05) is 37.6 Å². The molecule has 0 spiro atoms. The summed E-state index contributed by atoms with van der Waals surface area (Å²) in [7, 11) is 0. The second-order valence-corrected chi connectivity index (χ2v) is 4.84. The minimum absolute atomic E-state index is 0.0739. The van der Waals surface area contributed by atoms with Gasteiger partial charge in [-0.15, -0.1) is 0 Å². The van der Waals surface area contributed by atoms with Gasteiger partial charge in [-0.2, -0.15) is 0 Å². The number of carbonyl (C=O) groups is 1. The zero-order valence-electron chi connectivity index (χ0n) is 10.6. The maximum Gasteiger partial charge on any atom is 0.268 e. The van der Waals surface area contributed by atoms with Crippen LogP contribution in [0.2, 0.25) is 0 Å². The van der Waals surface area contributed by atoms with Gasteiger partial charge in [-0.05, 0) is 18.9 Å². The van der Waals surface area contributed by atoms with Gasteiger partial charge < -0.3 is 20.6 Å². The van der Waals surface area contributed by atoms with Gasteiger partial charge in [0.1, 0.15) is 11.5 Å². The fourth-order valence-electron chi connectivity index (χ4n) is 2.16. The molecular weight excluding hydrogens is 242 g/mol. The van der Waals surface area contributed by atoms with Gasteiger partial charge in [-0.1, -0.05) is 0 Å². The van der Waals surface area contributed by atoms with E-state index in [2.05, 4.69) is 15.3 Å². The summed E-state index contributed by atoms with van der Waals surface area (Å²) in [6.07, 6.45) is 8.27. The molecule has 6 nitrogen and oxygen atoms in total. The normalized spacial score (nSPS) is 14.5. The van der Waals surface area contributed by atoms with Crippen LogP contribution in [-0.2, 0) is 6.42 Å². The van der Waals surface area contributed by atoms with E-state index in [0.29, 0.717) is 30.4 Å². The number of anilines is 1. The Balaban J connectivity index is 1.60. The number of nitrogens with zero attached hydrogens (tertiary/aromatic N) is 2. The Labute approximate surface area is 111 Å². The second-order valence-electron chi connectivity index (χ2n) is 4.84. The van der Waals surface area contributed by atoms with E-state index in [9.17, 15) is 4.79 Å². The lowest BCUT2D eigenvalue weighted by Gasteiger charge is -2.07. The van der Waals surface area contributed by atoms with Crippen LogP contribution >= 0.6 is 0 Å². The highest BCUT2D eigenvalue weighted by atomic mass is 16.1. The van der Waals surface area contributed by atoms with Crippen LogP contribution in [0, 0.1) is 0 Å².